The summed E-state index contributed by atoms with van der Waals surface area (Å²) in [7, 11) is 0. The summed E-state index contributed by atoms with van der Waals surface area (Å²) in [5.74, 6) is 0. The monoisotopic (exact) mass is 189 g/mol. The van der Waals surface area contributed by atoms with Crippen molar-refractivity contribution in [2.75, 3.05) is 0 Å². The molecule has 0 aliphatic heterocycles. The molecule has 0 atom stereocenters. The summed E-state index contributed by atoms with van der Waals surface area (Å²) in [5, 5.41) is 0. The number of allylic oxidation sites excluding steroid dienone is 5. The highest BCUT2D eigenvalue weighted by Crippen LogP contribution is 2.09. The predicted molar refractivity (Wildman–Crippen MR) is 65.6 cm³/mol. The minimum Gasteiger partial charge on any atom is -0.261 e. The quantitative estimate of drug-likeness (QED) is 0.457. The molecular weight excluding hydrogens is 170 g/mol. The van der Waals surface area contributed by atoms with Gasteiger partial charge < -0.3 is 0 Å². The second kappa shape index (κ2) is 7.07. The standard InChI is InChI=1S/C13H19N/c1-6-8-10-14-13(5)12(4)11(3)9-7-2/h7-10H,2,4,6H2,1,3,5H3/b10-8-,11-9-,14-13?. The first kappa shape index (κ1) is 12.6. The van der Waals surface area contributed by atoms with E-state index in [-0.39, 0.29) is 0 Å². The van der Waals surface area contributed by atoms with Crippen molar-refractivity contribution in [1.29, 1.82) is 0 Å². The van der Waals surface area contributed by atoms with E-state index in [1.165, 1.54) is 0 Å². The Bertz CT molecular complexity index is 290. The lowest BCUT2D eigenvalue weighted by Gasteiger charge is -2.03. The van der Waals surface area contributed by atoms with Crippen molar-refractivity contribution in [2.45, 2.75) is 27.2 Å². The highest BCUT2D eigenvalue weighted by atomic mass is 14.7. The lowest BCUT2D eigenvalue weighted by Crippen LogP contribution is -1.96. The largest absolute Gasteiger partial charge is 0.261 e. The molecule has 14 heavy (non-hydrogen) atoms. The summed E-state index contributed by atoms with van der Waals surface area (Å²) in [6.07, 6.45) is 8.54. The molecule has 0 unspecified atom stereocenters. The molecule has 1 nitrogen and oxygen atoms in total. The van der Waals surface area contributed by atoms with Crippen molar-refractivity contribution in [3.05, 3.63) is 48.7 Å². The molecule has 0 fully saturated rings. The van der Waals surface area contributed by atoms with E-state index in [1.807, 2.05) is 32.2 Å². The van der Waals surface area contributed by atoms with Crippen LogP contribution in [0, 0.1) is 0 Å². The maximum Gasteiger partial charge on any atom is 0.0441 e. The van der Waals surface area contributed by atoms with E-state index in [9.17, 15) is 0 Å². The van der Waals surface area contributed by atoms with E-state index in [0.717, 1.165) is 23.3 Å². The van der Waals surface area contributed by atoms with Crippen LogP contribution in [0.2, 0.25) is 0 Å². The van der Waals surface area contributed by atoms with Gasteiger partial charge in [0.05, 0.1) is 0 Å². The van der Waals surface area contributed by atoms with Gasteiger partial charge in [-0.15, -0.1) is 0 Å². The summed E-state index contributed by atoms with van der Waals surface area (Å²) < 4.78 is 0. The van der Waals surface area contributed by atoms with E-state index in [0.29, 0.717) is 0 Å². The van der Waals surface area contributed by atoms with Crippen LogP contribution in [0.4, 0.5) is 0 Å². The Labute approximate surface area is 87.3 Å². The summed E-state index contributed by atoms with van der Waals surface area (Å²) in [5.41, 5.74) is 3.02. The third kappa shape index (κ3) is 4.61. The lowest BCUT2D eigenvalue weighted by atomic mass is 10.1. The Morgan fingerprint density at radius 1 is 1.36 bits per heavy atom. The van der Waals surface area contributed by atoms with Crippen molar-refractivity contribution in [3.8, 4) is 0 Å². The molecule has 0 aliphatic carbocycles. The summed E-state index contributed by atoms with van der Waals surface area (Å²) >= 11 is 0. The van der Waals surface area contributed by atoms with Crippen LogP contribution in [0.5, 0.6) is 0 Å². The molecule has 0 N–H and O–H groups in total. The number of hydrogen-bond donors (Lipinski definition) is 0. The number of aliphatic imine (C=N–C) groups is 1. The average Bonchev–Trinajstić information content (AvgIpc) is 2.17. The molecular formula is C13H19N. The van der Waals surface area contributed by atoms with Crippen LogP contribution in [0.25, 0.3) is 0 Å². The summed E-state index contributed by atoms with van der Waals surface area (Å²) in [4.78, 5) is 4.28. The molecule has 0 aromatic heterocycles. The molecule has 76 valence electrons. The summed E-state index contributed by atoms with van der Waals surface area (Å²) in [6.45, 7) is 13.7. The van der Waals surface area contributed by atoms with Crippen molar-refractivity contribution >= 4 is 5.71 Å². The molecule has 0 rings (SSSR count). The number of hydrogen-bond acceptors (Lipinski definition) is 1. The third-order valence-corrected chi connectivity index (χ3v) is 1.89. The maximum absolute atomic E-state index is 4.28. The lowest BCUT2D eigenvalue weighted by molar-refractivity contribution is 1.21. The number of rotatable bonds is 5. The molecule has 0 saturated carbocycles. The molecule has 0 amide bonds. The second-order valence-corrected chi connectivity index (χ2v) is 3.07. The molecule has 0 radical (unpaired) electrons. The fraction of sp³-hybridized carbons (Fsp3) is 0.308. The van der Waals surface area contributed by atoms with E-state index < -0.39 is 0 Å². The van der Waals surface area contributed by atoms with Crippen LogP contribution in [-0.2, 0) is 0 Å². The molecule has 1 heteroatoms. The molecule has 0 aromatic rings. The van der Waals surface area contributed by atoms with Crippen LogP contribution >= 0.6 is 0 Å². The van der Waals surface area contributed by atoms with Gasteiger partial charge in [0.1, 0.15) is 0 Å². The van der Waals surface area contributed by atoms with Crippen LogP contribution in [0.15, 0.2) is 53.7 Å². The highest BCUT2D eigenvalue weighted by molar-refractivity contribution is 6.01. The van der Waals surface area contributed by atoms with Gasteiger partial charge in [-0.25, -0.2) is 0 Å². The van der Waals surface area contributed by atoms with Gasteiger partial charge in [-0.2, -0.15) is 0 Å². The molecule has 0 spiro atoms. The van der Waals surface area contributed by atoms with E-state index >= 15 is 0 Å². The van der Waals surface area contributed by atoms with Gasteiger partial charge in [0, 0.05) is 11.9 Å². The molecule has 0 heterocycles. The van der Waals surface area contributed by atoms with Crippen molar-refractivity contribution in [2.24, 2.45) is 4.99 Å². The van der Waals surface area contributed by atoms with Crippen LogP contribution < -0.4 is 0 Å². The minimum atomic E-state index is 0.949. The van der Waals surface area contributed by atoms with Crippen LogP contribution in [0.3, 0.4) is 0 Å². The van der Waals surface area contributed by atoms with Crippen molar-refractivity contribution in [1.82, 2.24) is 0 Å². The Kier molecular flexibility index (Phi) is 6.38. The third-order valence-electron chi connectivity index (χ3n) is 1.89. The minimum absolute atomic E-state index is 0.949. The molecule has 0 saturated heterocycles. The van der Waals surface area contributed by atoms with E-state index in [1.54, 1.807) is 6.08 Å². The van der Waals surface area contributed by atoms with Gasteiger partial charge in [0.25, 0.3) is 0 Å². The maximum atomic E-state index is 4.28. The van der Waals surface area contributed by atoms with Crippen LogP contribution in [-0.4, -0.2) is 5.71 Å². The topological polar surface area (TPSA) is 12.4 Å². The SMILES string of the molecule is C=C/C=C(/C)C(=C)C(C)=N/C=C\CC. The molecule has 0 aliphatic rings. The van der Waals surface area contributed by atoms with Gasteiger partial charge >= 0.3 is 0 Å². The normalized spacial score (nSPS) is 13.4. The molecule has 0 aromatic carbocycles. The Hall–Kier alpha value is -1.37. The predicted octanol–water partition coefficient (Wildman–Crippen LogP) is 4.06. The Morgan fingerprint density at radius 2 is 2.00 bits per heavy atom. The van der Waals surface area contributed by atoms with Gasteiger partial charge in [0.2, 0.25) is 0 Å². The van der Waals surface area contributed by atoms with Gasteiger partial charge in [-0.1, -0.05) is 38.3 Å². The van der Waals surface area contributed by atoms with Crippen LogP contribution in [0.1, 0.15) is 27.2 Å². The first-order valence-electron chi connectivity index (χ1n) is 4.81. The summed E-state index contributed by atoms with van der Waals surface area (Å²) in [6, 6.07) is 0. The highest BCUT2D eigenvalue weighted by Gasteiger charge is 1.98. The van der Waals surface area contributed by atoms with Gasteiger partial charge in [-0.05, 0) is 31.4 Å². The Morgan fingerprint density at radius 3 is 2.50 bits per heavy atom. The van der Waals surface area contributed by atoms with Crippen molar-refractivity contribution < 1.29 is 0 Å². The zero-order chi connectivity index (χ0) is 11.0. The van der Waals surface area contributed by atoms with E-state index in [2.05, 4.69) is 25.1 Å². The fourth-order valence-corrected chi connectivity index (χ4v) is 0.911. The van der Waals surface area contributed by atoms with Crippen molar-refractivity contribution in [3.63, 3.8) is 0 Å². The van der Waals surface area contributed by atoms with E-state index in [4.69, 9.17) is 0 Å². The molecule has 0 bridgehead atoms. The second-order valence-electron chi connectivity index (χ2n) is 3.07. The smallest absolute Gasteiger partial charge is 0.0441 e. The Balaban J connectivity index is 4.54. The van der Waals surface area contributed by atoms with Gasteiger partial charge in [0.15, 0.2) is 0 Å². The van der Waals surface area contributed by atoms with Gasteiger partial charge in [-0.3, -0.25) is 4.99 Å². The number of nitrogens with zero attached hydrogens (tertiary/aromatic N) is 1. The first-order chi connectivity index (χ1) is 6.63. The average molecular weight is 189 g/mol. The zero-order valence-corrected chi connectivity index (χ0v) is 9.38. The zero-order valence-electron chi connectivity index (χ0n) is 9.38. The fourth-order valence-electron chi connectivity index (χ4n) is 0.911. The first-order valence-corrected chi connectivity index (χ1v) is 4.81.